The smallest absolute Gasteiger partial charge is 0.330 e. The summed E-state index contributed by atoms with van der Waals surface area (Å²) >= 11 is 0. The Bertz CT molecular complexity index is 1100. The number of benzene rings is 2. The van der Waals surface area contributed by atoms with E-state index >= 15 is 0 Å². The minimum atomic E-state index is -1.06. The van der Waals surface area contributed by atoms with Gasteiger partial charge in [0.1, 0.15) is 18.5 Å². The van der Waals surface area contributed by atoms with Gasteiger partial charge >= 0.3 is 5.97 Å². The van der Waals surface area contributed by atoms with Crippen LogP contribution in [-0.2, 0) is 14.3 Å². The number of halogens is 3. The molecule has 0 aliphatic heterocycles. The fraction of sp³-hybridized carbons (Fsp3) is 0.370. The molecule has 1 fully saturated rings. The van der Waals surface area contributed by atoms with E-state index in [1.807, 2.05) is 0 Å². The van der Waals surface area contributed by atoms with Crippen molar-refractivity contribution in [2.45, 2.75) is 44.2 Å². The second-order valence-electron chi connectivity index (χ2n) is 8.77. The van der Waals surface area contributed by atoms with Gasteiger partial charge in [0.15, 0.2) is 17.4 Å². The number of amides is 1. The summed E-state index contributed by atoms with van der Waals surface area (Å²) in [6, 6.07) is 7.32. The number of allylic oxidation sites excluding steroid dienone is 1. The summed E-state index contributed by atoms with van der Waals surface area (Å²) in [4.78, 5) is 38.8. The average Bonchev–Trinajstić information content (AvgIpc) is 2.86. The van der Waals surface area contributed by atoms with E-state index in [-0.39, 0.29) is 36.2 Å². The molecule has 0 saturated heterocycles. The van der Waals surface area contributed by atoms with E-state index in [1.54, 1.807) is 11.9 Å². The molecular formula is C27H29F3N2O4. The molecular weight excluding hydrogens is 473 g/mol. The summed E-state index contributed by atoms with van der Waals surface area (Å²) in [6.45, 7) is 0.00847. The van der Waals surface area contributed by atoms with E-state index in [1.165, 1.54) is 18.2 Å². The summed E-state index contributed by atoms with van der Waals surface area (Å²) in [7, 11) is 1.62. The Morgan fingerprint density at radius 1 is 1.00 bits per heavy atom. The van der Waals surface area contributed by atoms with Crippen LogP contribution in [0.1, 0.15) is 54.1 Å². The molecule has 1 unspecified atom stereocenters. The van der Waals surface area contributed by atoms with Crippen LogP contribution < -0.4 is 5.32 Å². The lowest BCUT2D eigenvalue weighted by Gasteiger charge is -2.30. The lowest BCUT2D eigenvalue weighted by molar-refractivity contribution is -0.138. The van der Waals surface area contributed by atoms with E-state index in [0.29, 0.717) is 0 Å². The Kier molecular flexibility index (Phi) is 9.81. The maximum atomic E-state index is 13.9. The molecule has 0 bridgehead atoms. The van der Waals surface area contributed by atoms with Crippen LogP contribution in [0, 0.1) is 17.5 Å². The molecule has 0 spiro atoms. The van der Waals surface area contributed by atoms with Crippen LogP contribution in [-0.4, -0.2) is 48.8 Å². The molecule has 36 heavy (non-hydrogen) atoms. The average molecular weight is 503 g/mol. The first-order valence-electron chi connectivity index (χ1n) is 11.8. The number of nitrogens with zero attached hydrogens (tertiary/aromatic N) is 1. The van der Waals surface area contributed by atoms with Gasteiger partial charge in [-0.15, -0.1) is 0 Å². The summed E-state index contributed by atoms with van der Waals surface area (Å²) in [5.41, 5.74) is 0.499. The third-order valence-electron chi connectivity index (χ3n) is 6.09. The van der Waals surface area contributed by atoms with Crippen molar-refractivity contribution in [3.63, 3.8) is 0 Å². The minimum Gasteiger partial charge on any atom is -0.461 e. The number of hydrogen-bond donors (Lipinski definition) is 1. The van der Waals surface area contributed by atoms with Crippen molar-refractivity contribution < 1.29 is 32.3 Å². The van der Waals surface area contributed by atoms with Crippen molar-refractivity contribution in [1.82, 2.24) is 10.2 Å². The minimum absolute atomic E-state index is 0.0223. The maximum Gasteiger partial charge on any atom is 0.330 e. The van der Waals surface area contributed by atoms with Crippen LogP contribution >= 0.6 is 0 Å². The Morgan fingerprint density at radius 2 is 1.69 bits per heavy atom. The summed E-state index contributed by atoms with van der Waals surface area (Å²) < 4.78 is 45.5. The highest BCUT2D eigenvalue weighted by Gasteiger charge is 2.28. The molecule has 2 aromatic rings. The van der Waals surface area contributed by atoms with Crippen LogP contribution in [0.25, 0.3) is 0 Å². The number of likely N-dealkylation sites (N-methyl/N-ethyl adjacent to an activating group) is 1. The number of carbonyl (C=O) groups excluding carboxylic acids is 3. The number of esters is 1. The first kappa shape index (κ1) is 27.1. The summed E-state index contributed by atoms with van der Waals surface area (Å²) in [5.74, 6) is -4.14. The predicted octanol–water partition coefficient (Wildman–Crippen LogP) is 4.51. The molecule has 1 N–H and O–H groups in total. The summed E-state index contributed by atoms with van der Waals surface area (Å²) in [5, 5.41) is 3.01. The first-order chi connectivity index (χ1) is 17.2. The zero-order valence-corrected chi connectivity index (χ0v) is 20.0. The van der Waals surface area contributed by atoms with Gasteiger partial charge in [-0.2, -0.15) is 0 Å². The van der Waals surface area contributed by atoms with Gasteiger partial charge in [0, 0.05) is 24.2 Å². The van der Waals surface area contributed by atoms with Crippen molar-refractivity contribution in [3.8, 4) is 0 Å². The molecule has 9 heteroatoms. The zero-order chi connectivity index (χ0) is 26.1. The molecule has 6 nitrogen and oxygen atoms in total. The van der Waals surface area contributed by atoms with Crippen LogP contribution in [0.5, 0.6) is 0 Å². The first-order valence-corrected chi connectivity index (χ1v) is 11.8. The third-order valence-corrected chi connectivity index (χ3v) is 6.09. The van der Waals surface area contributed by atoms with Crippen LogP contribution in [0.3, 0.4) is 0 Å². The van der Waals surface area contributed by atoms with Crippen molar-refractivity contribution in [2.75, 3.05) is 20.2 Å². The van der Waals surface area contributed by atoms with Gasteiger partial charge in [0.05, 0.1) is 0 Å². The van der Waals surface area contributed by atoms with E-state index in [0.717, 1.165) is 68.5 Å². The van der Waals surface area contributed by atoms with Crippen LogP contribution in [0.15, 0.2) is 54.6 Å². The van der Waals surface area contributed by atoms with Gasteiger partial charge in [0.25, 0.3) is 0 Å². The number of carbonyl (C=O) groups is 3. The van der Waals surface area contributed by atoms with Gasteiger partial charge in [-0.05, 0) is 67.9 Å². The third kappa shape index (κ3) is 7.78. The second kappa shape index (κ2) is 13.0. The quantitative estimate of drug-likeness (QED) is 0.294. The Balaban J connectivity index is 1.59. The number of ether oxygens (including phenoxy) is 1. The van der Waals surface area contributed by atoms with Crippen LogP contribution in [0.2, 0.25) is 0 Å². The molecule has 1 saturated carbocycles. The number of nitrogens with one attached hydrogen (secondary N) is 1. The molecule has 1 amide bonds. The molecule has 0 radical (unpaired) electrons. The predicted molar refractivity (Wildman–Crippen MR) is 128 cm³/mol. The largest absolute Gasteiger partial charge is 0.461 e. The topological polar surface area (TPSA) is 75.7 Å². The normalized spacial score (nSPS) is 15.1. The fourth-order valence-corrected chi connectivity index (χ4v) is 4.14. The fourth-order valence-electron chi connectivity index (χ4n) is 4.14. The van der Waals surface area contributed by atoms with Crippen LogP contribution in [0.4, 0.5) is 13.2 Å². The number of rotatable bonds is 10. The van der Waals surface area contributed by atoms with Gasteiger partial charge < -0.3 is 10.1 Å². The highest BCUT2D eigenvalue weighted by molar-refractivity contribution is 6.06. The molecule has 0 heterocycles. The molecule has 1 atom stereocenters. The van der Waals surface area contributed by atoms with E-state index in [4.69, 9.17) is 4.74 Å². The summed E-state index contributed by atoms with van der Waals surface area (Å²) in [6.07, 6.45) is 6.87. The SMILES string of the molecule is CN(CCOC(=O)C=CC(=O)c1ccc(F)cc1)C(C(=O)NC1CCCCC1)c1ccc(F)c(F)c1. The monoisotopic (exact) mass is 502 g/mol. The molecule has 1 aliphatic rings. The molecule has 3 rings (SSSR count). The van der Waals surface area contributed by atoms with Gasteiger partial charge in [-0.25, -0.2) is 18.0 Å². The second-order valence-corrected chi connectivity index (χ2v) is 8.77. The molecule has 2 aromatic carbocycles. The van der Waals surface area contributed by atoms with Crippen molar-refractivity contribution in [2.24, 2.45) is 0 Å². The lowest BCUT2D eigenvalue weighted by Crippen LogP contribution is -2.44. The highest BCUT2D eigenvalue weighted by atomic mass is 19.2. The van der Waals surface area contributed by atoms with Crippen molar-refractivity contribution in [3.05, 3.63) is 83.2 Å². The van der Waals surface area contributed by atoms with E-state index in [2.05, 4.69) is 5.32 Å². The highest BCUT2D eigenvalue weighted by Crippen LogP contribution is 2.24. The van der Waals surface area contributed by atoms with Crippen molar-refractivity contribution >= 4 is 17.7 Å². The van der Waals surface area contributed by atoms with Gasteiger partial charge in [0.2, 0.25) is 5.91 Å². The van der Waals surface area contributed by atoms with Gasteiger partial charge in [-0.3, -0.25) is 14.5 Å². The Morgan fingerprint density at radius 3 is 2.36 bits per heavy atom. The molecule has 192 valence electrons. The standard InChI is InChI=1S/C27H29F3N2O4/c1-32(15-16-36-25(34)14-13-24(33)18-7-10-20(28)11-8-18)26(19-9-12-22(29)23(30)17-19)27(35)31-21-5-3-2-4-6-21/h7-14,17,21,26H,2-6,15-16H2,1H3,(H,31,35). The Hall–Kier alpha value is -3.46. The Labute approximate surface area is 208 Å². The molecule has 1 aliphatic carbocycles. The van der Waals surface area contributed by atoms with E-state index < -0.39 is 35.2 Å². The number of hydrogen-bond acceptors (Lipinski definition) is 5. The van der Waals surface area contributed by atoms with Gasteiger partial charge in [-0.1, -0.05) is 25.3 Å². The lowest BCUT2D eigenvalue weighted by atomic mass is 9.94. The molecule has 0 aromatic heterocycles. The van der Waals surface area contributed by atoms with E-state index in [9.17, 15) is 27.6 Å². The zero-order valence-electron chi connectivity index (χ0n) is 20.0. The number of ketones is 1. The maximum absolute atomic E-state index is 13.9. The van der Waals surface area contributed by atoms with Crippen molar-refractivity contribution in [1.29, 1.82) is 0 Å².